The van der Waals surface area contributed by atoms with Crippen molar-refractivity contribution in [3.63, 3.8) is 0 Å². The minimum atomic E-state index is -3.37. The minimum Gasteiger partial charge on any atom is -0.311 e. The molecule has 0 heterocycles. The second kappa shape index (κ2) is 10.1. The molecule has 0 saturated carbocycles. The lowest BCUT2D eigenvalue weighted by Crippen LogP contribution is -2.15. The maximum atomic E-state index is 12.7. The molecule has 3 nitrogen and oxygen atoms in total. The molecule has 0 aliphatic carbocycles. The van der Waals surface area contributed by atoms with Crippen molar-refractivity contribution in [1.82, 2.24) is 0 Å². The molecule has 0 aliphatic heterocycles. The third kappa shape index (κ3) is 5.28. The summed E-state index contributed by atoms with van der Waals surface area (Å²) in [6, 6.07) is 26.4. The van der Waals surface area contributed by atoms with Crippen LogP contribution in [0.5, 0.6) is 0 Å². The Balaban J connectivity index is 1.92. The highest BCUT2D eigenvalue weighted by Crippen LogP contribution is 2.31. The maximum absolute atomic E-state index is 12.7. The van der Waals surface area contributed by atoms with E-state index in [1.807, 2.05) is 54.6 Å². The Morgan fingerprint density at radius 3 is 2.00 bits per heavy atom. The topological polar surface area (TPSA) is 37.4 Å². The fraction of sp³-hybridized carbons (Fsp3) is 0.154. The zero-order valence-corrected chi connectivity index (χ0v) is 18.1. The monoisotopic (exact) mass is 417 g/mol. The summed E-state index contributed by atoms with van der Waals surface area (Å²) in [6.45, 7) is 6.14. The van der Waals surface area contributed by atoms with Gasteiger partial charge in [-0.05, 0) is 54.5 Å². The van der Waals surface area contributed by atoms with Gasteiger partial charge in [0.05, 0.1) is 10.6 Å². The van der Waals surface area contributed by atoms with Crippen LogP contribution in [0.1, 0.15) is 25.3 Å². The molecule has 0 fully saturated rings. The van der Waals surface area contributed by atoms with Gasteiger partial charge in [0.25, 0.3) is 0 Å². The molecule has 0 aromatic heterocycles. The summed E-state index contributed by atoms with van der Waals surface area (Å²) >= 11 is 0. The van der Waals surface area contributed by atoms with E-state index >= 15 is 0 Å². The fourth-order valence-electron chi connectivity index (χ4n) is 3.25. The average Bonchev–Trinajstić information content (AvgIpc) is 2.78. The highest BCUT2D eigenvalue weighted by Gasteiger charge is 2.16. The SMILES string of the molecule is C=C/C(=C\CCC)N(c1ccccc1)c1ccc(CS(=O)(=O)c2ccccc2)cc1. The van der Waals surface area contributed by atoms with Crippen molar-refractivity contribution >= 4 is 21.2 Å². The summed E-state index contributed by atoms with van der Waals surface area (Å²) in [7, 11) is -3.37. The summed E-state index contributed by atoms with van der Waals surface area (Å²) < 4.78 is 25.4. The van der Waals surface area contributed by atoms with Crippen LogP contribution in [0.25, 0.3) is 0 Å². The molecule has 0 saturated heterocycles. The third-order valence-electron chi connectivity index (χ3n) is 4.78. The number of unbranched alkanes of at least 4 members (excludes halogenated alkanes) is 1. The van der Waals surface area contributed by atoms with Gasteiger partial charge >= 0.3 is 0 Å². The molecule has 3 rings (SSSR count). The molecule has 0 unspecified atom stereocenters. The van der Waals surface area contributed by atoms with E-state index in [1.54, 1.807) is 24.3 Å². The van der Waals surface area contributed by atoms with Crippen molar-refractivity contribution in [2.24, 2.45) is 0 Å². The zero-order valence-electron chi connectivity index (χ0n) is 17.2. The number of nitrogens with zero attached hydrogens (tertiary/aromatic N) is 1. The molecule has 3 aromatic carbocycles. The van der Waals surface area contributed by atoms with Crippen molar-refractivity contribution in [2.75, 3.05) is 4.90 Å². The van der Waals surface area contributed by atoms with E-state index in [-0.39, 0.29) is 5.75 Å². The second-order valence-electron chi connectivity index (χ2n) is 7.03. The molecule has 0 N–H and O–H groups in total. The first-order valence-electron chi connectivity index (χ1n) is 10.1. The van der Waals surface area contributed by atoms with Gasteiger partial charge in [-0.25, -0.2) is 8.42 Å². The summed E-state index contributed by atoms with van der Waals surface area (Å²) in [4.78, 5) is 2.48. The van der Waals surface area contributed by atoms with E-state index in [0.717, 1.165) is 35.5 Å². The molecule has 0 amide bonds. The first-order chi connectivity index (χ1) is 14.5. The van der Waals surface area contributed by atoms with E-state index in [4.69, 9.17) is 0 Å². The summed E-state index contributed by atoms with van der Waals surface area (Å²) in [6.07, 6.45) is 6.04. The molecular formula is C26H27NO2S. The lowest BCUT2D eigenvalue weighted by atomic mass is 10.1. The van der Waals surface area contributed by atoms with E-state index in [0.29, 0.717) is 4.90 Å². The Labute approximate surface area is 179 Å². The van der Waals surface area contributed by atoms with E-state index < -0.39 is 9.84 Å². The lowest BCUT2D eigenvalue weighted by Gasteiger charge is -2.26. The van der Waals surface area contributed by atoms with Crippen LogP contribution >= 0.6 is 0 Å². The number of benzene rings is 3. The number of rotatable bonds is 9. The first kappa shape index (κ1) is 21.6. The van der Waals surface area contributed by atoms with Gasteiger partial charge in [-0.2, -0.15) is 0 Å². The summed E-state index contributed by atoms with van der Waals surface area (Å²) in [5.74, 6) is -0.0252. The van der Waals surface area contributed by atoms with Crippen LogP contribution in [0.2, 0.25) is 0 Å². The van der Waals surface area contributed by atoms with Crippen LogP contribution in [0.4, 0.5) is 11.4 Å². The van der Waals surface area contributed by atoms with Crippen molar-refractivity contribution in [3.8, 4) is 0 Å². The quantitative estimate of drug-likeness (QED) is 0.365. The average molecular weight is 418 g/mol. The molecule has 30 heavy (non-hydrogen) atoms. The molecule has 154 valence electrons. The van der Waals surface area contributed by atoms with E-state index in [9.17, 15) is 8.42 Å². The maximum Gasteiger partial charge on any atom is 0.182 e. The molecule has 4 heteroatoms. The van der Waals surface area contributed by atoms with Crippen molar-refractivity contribution in [2.45, 2.75) is 30.4 Å². The fourth-order valence-corrected chi connectivity index (χ4v) is 4.62. The molecule has 0 bridgehead atoms. The van der Waals surface area contributed by atoms with Gasteiger partial charge in [-0.1, -0.05) is 74.5 Å². The van der Waals surface area contributed by atoms with Gasteiger partial charge in [-0.3, -0.25) is 0 Å². The number of hydrogen-bond acceptors (Lipinski definition) is 3. The molecule has 0 spiro atoms. The zero-order chi connectivity index (χ0) is 21.4. The Hall–Kier alpha value is -3.11. The van der Waals surface area contributed by atoms with Gasteiger partial charge in [-0.15, -0.1) is 0 Å². The highest BCUT2D eigenvalue weighted by molar-refractivity contribution is 7.90. The van der Waals surface area contributed by atoms with Crippen molar-refractivity contribution in [3.05, 3.63) is 115 Å². The summed E-state index contributed by atoms with van der Waals surface area (Å²) in [5, 5.41) is 0. The van der Waals surface area contributed by atoms with Crippen LogP contribution in [-0.2, 0) is 15.6 Å². The number of allylic oxidation sites excluding steroid dienone is 2. The van der Waals surface area contributed by atoms with Crippen LogP contribution in [0.15, 0.2) is 114 Å². The van der Waals surface area contributed by atoms with Gasteiger partial charge in [0.2, 0.25) is 0 Å². The molecule has 0 aliphatic rings. The standard InChI is InChI=1S/C26H27NO2S/c1-3-5-12-23(4-2)27(24-13-8-6-9-14-24)25-19-17-22(18-20-25)21-30(28,29)26-15-10-7-11-16-26/h4,6-20H,2-3,5,21H2,1H3/b23-12+. The van der Waals surface area contributed by atoms with Crippen LogP contribution < -0.4 is 4.90 Å². The second-order valence-corrected chi connectivity index (χ2v) is 9.02. The largest absolute Gasteiger partial charge is 0.311 e. The first-order valence-corrected chi connectivity index (χ1v) is 11.7. The molecular weight excluding hydrogens is 390 g/mol. The normalized spacial score (nSPS) is 11.8. The van der Waals surface area contributed by atoms with Gasteiger partial charge in [0.15, 0.2) is 9.84 Å². The Kier molecular flexibility index (Phi) is 7.26. The van der Waals surface area contributed by atoms with Gasteiger partial charge < -0.3 is 4.90 Å². The number of para-hydroxylation sites is 1. The predicted molar refractivity (Wildman–Crippen MR) is 126 cm³/mol. The number of anilines is 2. The molecule has 0 radical (unpaired) electrons. The van der Waals surface area contributed by atoms with E-state index in [2.05, 4.69) is 36.6 Å². The van der Waals surface area contributed by atoms with Crippen LogP contribution in [0, 0.1) is 0 Å². The Morgan fingerprint density at radius 1 is 0.867 bits per heavy atom. The number of hydrogen-bond donors (Lipinski definition) is 0. The van der Waals surface area contributed by atoms with Crippen molar-refractivity contribution in [1.29, 1.82) is 0 Å². The third-order valence-corrected chi connectivity index (χ3v) is 6.48. The van der Waals surface area contributed by atoms with Crippen LogP contribution in [-0.4, -0.2) is 8.42 Å². The smallest absolute Gasteiger partial charge is 0.182 e. The lowest BCUT2D eigenvalue weighted by molar-refractivity contribution is 0.595. The number of sulfone groups is 1. The molecule has 3 aromatic rings. The van der Waals surface area contributed by atoms with Crippen molar-refractivity contribution < 1.29 is 8.42 Å². The van der Waals surface area contributed by atoms with Crippen LogP contribution in [0.3, 0.4) is 0 Å². The predicted octanol–water partition coefficient (Wildman–Crippen LogP) is 6.67. The molecule has 0 atom stereocenters. The minimum absolute atomic E-state index is 0.0252. The van der Waals surface area contributed by atoms with E-state index in [1.165, 1.54) is 0 Å². The summed E-state index contributed by atoms with van der Waals surface area (Å²) in [5.41, 5.74) is 3.76. The van der Waals surface area contributed by atoms with Gasteiger partial charge in [0.1, 0.15) is 0 Å². The Morgan fingerprint density at radius 2 is 1.43 bits per heavy atom. The Bertz CT molecular complexity index is 1090. The highest BCUT2D eigenvalue weighted by atomic mass is 32.2. The van der Waals surface area contributed by atoms with Gasteiger partial charge in [0, 0.05) is 17.1 Å².